The molecule has 4 nitrogen and oxygen atoms in total. The van der Waals surface area contributed by atoms with Crippen molar-refractivity contribution in [1.29, 1.82) is 0 Å². The molecule has 0 heterocycles. The van der Waals surface area contributed by atoms with E-state index in [4.69, 9.17) is 4.74 Å². The van der Waals surface area contributed by atoms with Crippen molar-refractivity contribution in [2.24, 2.45) is 0 Å². The van der Waals surface area contributed by atoms with Gasteiger partial charge in [-0.15, -0.1) is 0 Å². The van der Waals surface area contributed by atoms with Crippen molar-refractivity contribution in [3.05, 3.63) is 34.9 Å². The van der Waals surface area contributed by atoms with Crippen LogP contribution in [-0.2, 0) is 27.2 Å². The maximum Gasteiger partial charge on any atom is 0.333 e. The number of hydrogen-bond donors (Lipinski definition) is 1. The minimum Gasteiger partial charge on any atom is -0.467 e. The highest BCUT2D eigenvalue weighted by Gasteiger charge is 2.23. The van der Waals surface area contributed by atoms with Gasteiger partial charge < -0.3 is 10.1 Å². The monoisotopic (exact) mass is 247 g/mol. The summed E-state index contributed by atoms with van der Waals surface area (Å²) in [7, 11) is 1.32. The molecule has 1 aromatic carbocycles. The largest absolute Gasteiger partial charge is 0.467 e. The van der Waals surface area contributed by atoms with Crippen LogP contribution in [0.5, 0.6) is 0 Å². The smallest absolute Gasteiger partial charge is 0.333 e. The van der Waals surface area contributed by atoms with E-state index in [1.165, 1.54) is 25.2 Å². The van der Waals surface area contributed by atoms with Gasteiger partial charge in [-0.3, -0.25) is 4.79 Å². The van der Waals surface area contributed by atoms with E-state index in [1.54, 1.807) is 0 Å². The molecule has 0 saturated carbocycles. The van der Waals surface area contributed by atoms with Crippen LogP contribution in [0.25, 0.3) is 0 Å². The zero-order chi connectivity index (χ0) is 13.1. The molecule has 0 spiro atoms. The first-order valence-electron chi connectivity index (χ1n) is 6.08. The van der Waals surface area contributed by atoms with Gasteiger partial charge in [0.15, 0.2) is 6.04 Å². The van der Waals surface area contributed by atoms with Crippen LogP contribution in [0, 0.1) is 0 Å². The number of carbonyl (C=O) groups is 2. The molecule has 1 aliphatic rings. The third kappa shape index (κ3) is 2.53. The van der Waals surface area contributed by atoms with E-state index >= 15 is 0 Å². The SMILES string of the molecule is COC(=O)C(NC(C)=O)c1ccc2c(c1)CCC2. The number of nitrogens with one attached hydrogen (secondary N) is 1. The van der Waals surface area contributed by atoms with E-state index in [0.717, 1.165) is 24.8 Å². The fourth-order valence-electron chi connectivity index (χ4n) is 2.37. The Hall–Kier alpha value is -1.84. The highest BCUT2D eigenvalue weighted by atomic mass is 16.5. The Morgan fingerprint density at radius 1 is 1.28 bits per heavy atom. The first-order valence-corrected chi connectivity index (χ1v) is 6.08. The molecule has 1 aliphatic carbocycles. The Kier molecular flexibility index (Phi) is 3.65. The number of methoxy groups -OCH3 is 1. The zero-order valence-corrected chi connectivity index (χ0v) is 10.7. The fourth-order valence-corrected chi connectivity index (χ4v) is 2.37. The van der Waals surface area contributed by atoms with Crippen LogP contribution in [0.1, 0.15) is 36.1 Å². The summed E-state index contributed by atoms with van der Waals surface area (Å²) in [5.41, 5.74) is 3.40. The summed E-state index contributed by atoms with van der Waals surface area (Å²) < 4.78 is 4.73. The minimum absolute atomic E-state index is 0.245. The van der Waals surface area contributed by atoms with Crippen LogP contribution >= 0.6 is 0 Å². The molecule has 0 aromatic heterocycles. The predicted molar refractivity (Wildman–Crippen MR) is 67.0 cm³/mol. The lowest BCUT2D eigenvalue weighted by molar-refractivity contribution is -0.145. The molecule has 4 heteroatoms. The third-order valence-corrected chi connectivity index (χ3v) is 3.24. The topological polar surface area (TPSA) is 55.4 Å². The van der Waals surface area contributed by atoms with E-state index < -0.39 is 12.0 Å². The van der Waals surface area contributed by atoms with Gasteiger partial charge in [0, 0.05) is 6.92 Å². The highest BCUT2D eigenvalue weighted by molar-refractivity contribution is 5.84. The minimum atomic E-state index is -0.710. The molecule has 1 unspecified atom stereocenters. The van der Waals surface area contributed by atoms with Crippen molar-refractivity contribution in [2.45, 2.75) is 32.2 Å². The lowest BCUT2D eigenvalue weighted by atomic mass is 10.0. The molecule has 96 valence electrons. The Labute approximate surface area is 106 Å². The maximum atomic E-state index is 11.7. The van der Waals surface area contributed by atoms with Gasteiger partial charge in [-0.05, 0) is 36.0 Å². The second kappa shape index (κ2) is 5.21. The Bertz CT molecular complexity index is 482. The van der Waals surface area contributed by atoms with E-state index in [2.05, 4.69) is 5.32 Å². The van der Waals surface area contributed by atoms with Gasteiger partial charge in [0.25, 0.3) is 0 Å². The van der Waals surface area contributed by atoms with E-state index in [9.17, 15) is 9.59 Å². The van der Waals surface area contributed by atoms with Gasteiger partial charge in [-0.25, -0.2) is 4.79 Å². The van der Waals surface area contributed by atoms with Gasteiger partial charge >= 0.3 is 5.97 Å². The van der Waals surface area contributed by atoms with Crippen molar-refractivity contribution >= 4 is 11.9 Å². The number of fused-ring (bicyclic) bond motifs is 1. The summed E-state index contributed by atoms with van der Waals surface area (Å²) in [4.78, 5) is 22.9. The molecule has 1 atom stereocenters. The average molecular weight is 247 g/mol. The summed E-state index contributed by atoms with van der Waals surface area (Å²) in [5, 5.41) is 2.62. The normalized spacial score (nSPS) is 14.8. The summed E-state index contributed by atoms with van der Waals surface area (Å²) in [6.45, 7) is 1.39. The van der Waals surface area contributed by atoms with Crippen LogP contribution < -0.4 is 5.32 Å². The quantitative estimate of drug-likeness (QED) is 0.824. The predicted octanol–water partition coefficient (Wildman–Crippen LogP) is 1.53. The molecule has 2 rings (SSSR count). The van der Waals surface area contributed by atoms with Gasteiger partial charge in [0.1, 0.15) is 0 Å². The van der Waals surface area contributed by atoms with Crippen LogP contribution in [0.2, 0.25) is 0 Å². The van der Waals surface area contributed by atoms with E-state index in [1.807, 2.05) is 18.2 Å². The number of ether oxygens (including phenoxy) is 1. The Balaban J connectivity index is 2.30. The molecule has 1 amide bonds. The number of benzene rings is 1. The zero-order valence-electron chi connectivity index (χ0n) is 10.7. The maximum absolute atomic E-state index is 11.7. The van der Waals surface area contributed by atoms with Crippen molar-refractivity contribution in [3.8, 4) is 0 Å². The lowest BCUT2D eigenvalue weighted by Gasteiger charge is -2.16. The summed E-state index contributed by atoms with van der Waals surface area (Å²) in [6.07, 6.45) is 3.29. The number of rotatable bonds is 3. The second-order valence-electron chi connectivity index (χ2n) is 4.54. The van der Waals surface area contributed by atoms with Crippen molar-refractivity contribution in [1.82, 2.24) is 5.32 Å². The Morgan fingerprint density at radius 3 is 2.67 bits per heavy atom. The molecular formula is C14H17NO3. The summed E-state index contributed by atoms with van der Waals surface area (Å²) >= 11 is 0. The van der Waals surface area contributed by atoms with Gasteiger partial charge in [0.05, 0.1) is 7.11 Å². The lowest BCUT2D eigenvalue weighted by Crippen LogP contribution is -2.33. The molecule has 0 aliphatic heterocycles. The molecule has 0 bridgehead atoms. The molecule has 0 saturated heterocycles. The highest BCUT2D eigenvalue weighted by Crippen LogP contribution is 2.25. The third-order valence-electron chi connectivity index (χ3n) is 3.24. The molecule has 0 fully saturated rings. The standard InChI is InChI=1S/C14H17NO3/c1-9(16)15-13(14(17)18-2)12-7-6-10-4-3-5-11(10)8-12/h6-8,13H,3-5H2,1-2H3,(H,15,16). The number of hydrogen-bond acceptors (Lipinski definition) is 3. The summed E-state index contributed by atoms with van der Waals surface area (Å²) in [6, 6.07) is 5.22. The van der Waals surface area contributed by atoms with Crippen molar-refractivity contribution < 1.29 is 14.3 Å². The summed E-state index contributed by atoms with van der Waals surface area (Å²) in [5.74, 6) is -0.686. The van der Waals surface area contributed by atoms with Crippen LogP contribution in [0.4, 0.5) is 0 Å². The molecule has 18 heavy (non-hydrogen) atoms. The molecule has 0 radical (unpaired) electrons. The van der Waals surface area contributed by atoms with Gasteiger partial charge in [-0.2, -0.15) is 0 Å². The average Bonchev–Trinajstić information content (AvgIpc) is 2.81. The second-order valence-corrected chi connectivity index (χ2v) is 4.54. The number of aryl methyl sites for hydroxylation is 2. The number of amides is 1. The molecular weight excluding hydrogens is 230 g/mol. The fraction of sp³-hybridized carbons (Fsp3) is 0.429. The number of carbonyl (C=O) groups excluding carboxylic acids is 2. The van der Waals surface area contributed by atoms with Gasteiger partial charge in [0.2, 0.25) is 5.91 Å². The first kappa shape index (κ1) is 12.6. The number of esters is 1. The van der Waals surface area contributed by atoms with Gasteiger partial charge in [-0.1, -0.05) is 18.2 Å². The van der Waals surface area contributed by atoms with E-state index in [-0.39, 0.29) is 5.91 Å². The van der Waals surface area contributed by atoms with Crippen LogP contribution in [0.3, 0.4) is 0 Å². The first-order chi connectivity index (χ1) is 8.61. The Morgan fingerprint density at radius 2 is 2.00 bits per heavy atom. The van der Waals surface area contributed by atoms with Crippen LogP contribution in [0.15, 0.2) is 18.2 Å². The molecule has 1 N–H and O–H groups in total. The van der Waals surface area contributed by atoms with Crippen molar-refractivity contribution in [3.63, 3.8) is 0 Å². The van der Waals surface area contributed by atoms with Crippen LogP contribution in [-0.4, -0.2) is 19.0 Å². The molecule has 1 aromatic rings. The van der Waals surface area contributed by atoms with E-state index in [0.29, 0.717) is 0 Å². The van der Waals surface area contributed by atoms with Crippen molar-refractivity contribution in [2.75, 3.05) is 7.11 Å².